The maximum atomic E-state index is 12.9. The maximum absolute atomic E-state index is 12.9. The third kappa shape index (κ3) is 3.57. The Morgan fingerprint density at radius 3 is 2.44 bits per heavy atom. The summed E-state index contributed by atoms with van der Waals surface area (Å²) in [6.07, 6.45) is 3.21. The molecular weight excluding hydrogens is 380 g/mol. The molecule has 2 aromatic carbocycles. The Morgan fingerprint density at radius 2 is 1.67 bits per heavy atom. The number of nitrogens with zero attached hydrogens (tertiary/aromatic N) is 1. The highest BCUT2D eigenvalue weighted by atomic mass is 35.5. The molecular formula is C21H19ClN2O2S. The number of nitrogens with one attached hydrogen (secondary N) is 1. The molecule has 0 bridgehead atoms. The lowest BCUT2D eigenvalue weighted by atomic mass is 10.1. The number of rotatable bonds is 3. The van der Waals surface area contributed by atoms with Gasteiger partial charge in [-0.1, -0.05) is 41.9 Å². The summed E-state index contributed by atoms with van der Waals surface area (Å²) in [6.45, 7) is 1.53. The van der Waals surface area contributed by atoms with E-state index in [0.29, 0.717) is 21.2 Å². The number of carbonyl (C=O) groups is 2. The SMILES string of the molecule is O=C(Nc1ccccc1C(=O)N1CCCCC1)c1sc2ccccc2c1Cl. The van der Waals surface area contributed by atoms with E-state index in [1.165, 1.54) is 11.3 Å². The van der Waals surface area contributed by atoms with Crippen molar-refractivity contribution in [1.29, 1.82) is 0 Å². The van der Waals surface area contributed by atoms with Gasteiger partial charge in [-0.3, -0.25) is 9.59 Å². The van der Waals surface area contributed by atoms with Gasteiger partial charge in [0.1, 0.15) is 4.88 Å². The first-order valence-electron chi connectivity index (χ1n) is 9.02. The van der Waals surface area contributed by atoms with Crippen LogP contribution in [-0.4, -0.2) is 29.8 Å². The van der Waals surface area contributed by atoms with Gasteiger partial charge in [-0.2, -0.15) is 0 Å². The van der Waals surface area contributed by atoms with E-state index in [1.54, 1.807) is 12.1 Å². The highest BCUT2D eigenvalue weighted by Gasteiger charge is 2.23. The average molecular weight is 399 g/mol. The standard InChI is InChI=1S/C21H19ClN2O2S/c22-18-15-9-3-5-11-17(15)27-19(18)20(25)23-16-10-4-2-8-14(16)21(26)24-12-6-1-7-13-24/h2-5,8-11H,1,6-7,12-13H2,(H,23,25). The Labute approximate surface area is 166 Å². The number of piperidine rings is 1. The van der Waals surface area contributed by atoms with Gasteiger partial charge in [0.2, 0.25) is 0 Å². The molecule has 0 saturated carbocycles. The fraction of sp³-hybridized carbons (Fsp3) is 0.238. The van der Waals surface area contributed by atoms with Gasteiger partial charge in [-0.25, -0.2) is 0 Å². The number of anilines is 1. The van der Waals surface area contributed by atoms with Crippen LogP contribution < -0.4 is 5.32 Å². The molecule has 4 rings (SSSR count). The molecule has 6 heteroatoms. The summed E-state index contributed by atoms with van der Waals surface area (Å²) >= 11 is 7.77. The lowest BCUT2D eigenvalue weighted by Gasteiger charge is -2.27. The first kappa shape index (κ1) is 18.0. The molecule has 1 N–H and O–H groups in total. The van der Waals surface area contributed by atoms with Crippen LogP contribution in [0.5, 0.6) is 0 Å². The molecule has 0 radical (unpaired) electrons. The zero-order chi connectivity index (χ0) is 18.8. The van der Waals surface area contributed by atoms with E-state index in [2.05, 4.69) is 5.32 Å². The summed E-state index contributed by atoms with van der Waals surface area (Å²) in [6, 6.07) is 14.8. The molecule has 1 aliphatic heterocycles. The Hall–Kier alpha value is -2.37. The van der Waals surface area contributed by atoms with Crippen LogP contribution in [0, 0.1) is 0 Å². The molecule has 4 nitrogen and oxygen atoms in total. The second kappa shape index (κ2) is 7.71. The fourth-order valence-corrected chi connectivity index (χ4v) is 4.80. The van der Waals surface area contributed by atoms with Crippen molar-refractivity contribution >= 4 is 50.5 Å². The third-order valence-corrected chi connectivity index (χ3v) is 6.46. The lowest BCUT2D eigenvalue weighted by Crippen LogP contribution is -2.36. The van der Waals surface area contributed by atoms with Gasteiger partial charge in [-0.05, 0) is 37.5 Å². The summed E-state index contributed by atoms with van der Waals surface area (Å²) in [5, 5.41) is 4.21. The van der Waals surface area contributed by atoms with Crippen LogP contribution in [0.15, 0.2) is 48.5 Å². The number of amides is 2. The number of hydrogen-bond donors (Lipinski definition) is 1. The van der Waals surface area contributed by atoms with Crippen LogP contribution in [0.2, 0.25) is 5.02 Å². The quantitative estimate of drug-likeness (QED) is 0.639. The summed E-state index contributed by atoms with van der Waals surface area (Å²) in [4.78, 5) is 28.1. The summed E-state index contributed by atoms with van der Waals surface area (Å²) in [5.74, 6) is -0.326. The van der Waals surface area contributed by atoms with Crippen LogP contribution in [0.3, 0.4) is 0 Å². The number of likely N-dealkylation sites (tertiary alicyclic amines) is 1. The summed E-state index contributed by atoms with van der Waals surface area (Å²) < 4.78 is 0.963. The maximum Gasteiger partial charge on any atom is 0.267 e. The zero-order valence-corrected chi connectivity index (χ0v) is 16.3. The van der Waals surface area contributed by atoms with Gasteiger partial charge in [0, 0.05) is 23.2 Å². The van der Waals surface area contributed by atoms with Crippen molar-refractivity contribution in [3.63, 3.8) is 0 Å². The van der Waals surface area contributed by atoms with Gasteiger partial charge in [-0.15, -0.1) is 11.3 Å². The van der Waals surface area contributed by atoms with Crippen molar-refractivity contribution in [3.8, 4) is 0 Å². The number of para-hydroxylation sites is 1. The number of carbonyl (C=O) groups excluding carboxylic acids is 2. The lowest BCUT2D eigenvalue weighted by molar-refractivity contribution is 0.0725. The average Bonchev–Trinajstić information content (AvgIpc) is 3.06. The number of benzene rings is 2. The van der Waals surface area contributed by atoms with Crippen molar-refractivity contribution in [2.24, 2.45) is 0 Å². The van der Waals surface area contributed by atoms with E-state index >= 15 is 0 Å². The van der Waals surface area contributed by atoms with E-state index in [9.17, 15) is 9.59 Å². The highest BCUT2D eigenvalue weighted by molar-refractivity contribution is 7.21. The van der Waals surface area contributed by atoms with E-state index < -0.39 is 0 Å². The minimum Gasteiger partial charge on any atom is -0.339 e. The highest BCUT2D eigenvalue weighted by Crippen LogP contribution is 2.35. The molecule has 1 fully saturated rings. The second-order valence-corrected chi connectivity index (χ2v) is 8.02. The minimum atomic E-state index is -0.292. The van der Waals surface area contributed by atoms with Crippen LogP contribution >= 0.6 is 22.9 Å². The number of hydrogen-bond acceptors (Lipinski definition) is 3. The molecule has 1 aromatic heterocycles. The smallest absolute Gasteiger partial charge is 0.267 e. The predicted octanol–water partition coefficient (Wildman–Crippen LogP) is 5.43. The Bertz CT molecular complexity index is 1010. The van der Waals surface area contributed by atoms with Gasteiger partial charge < -0.3 is 10.2 Å². The summed E-state index contributed by atoms with van der Waals surface area (Å²) in [7, 11) is 0. The van der Waals surface area contributed by atoms with Crippen LogP contribution in [0.4, 0.5) is 5.69 Å². The van der Waals surface area contributed by atoms with E-state index in [1.807, 2.05) is 41.3 Å². The van der Waals surface area contributed by atoms with Crippen molar-refractivity contribution in [3.05, 3.63) is 64.0 Å². The van der Waals surface area contributed by atoms with Crippen molar-refractivity contribution in [2.75, 3.05) is 18.4 Å². The Morgan fingerprint density at radius 1 is 0.963 bits per heavy atom. The Kier molecular flexibility index (Phi) is 5.14. The molecule has 0 aliphatic carbocycles. The fourth-order valence-electron chi connectivity index (χ4n) is 3.39. The first-order chi connectivity index (χ1) is 13.1. The molecule has 0 atom stereocenters. The van der Waals surface area contributed by atoms with Gasteiger partial charge in [0.05, 0.1) is 16.3 Å². The number of fused-ring (bicyclic) bond motifs is 1. The predicted molar refractivity (Wildman–Crippen MR) is 111 cm³/mol. The van der Waals surface area contributed by atoms with Gasteiger partial charge in [0.15, 0.2) is 0 Å². The van der Waals surface area contributed by atoms with Gasteiger partial charge >= 0.3 is 0 Å². The van der Waals surface area contributed by atoms with Crippen LogP contribution in [0.1, 0.15) is 39.3 Å². The molecule has 3 aromatic rings. The largest absolute Gasteiger partial charge is 0.339 e. The van der Waals surface area contributed by atoms with Crippen LogP contribution in [0.25, 0.3) is 10.1 Å². The second-order valence-electron chi connectivity index (χ2n) is 6.59. The van der Waals surface area contributed by atoms with E-state index in [-0.39, 0.29) is 11.8 Å². The molecule has 2 heterocycles. The molecule has 1 saturated heterocycles. The molecule has 27 heavy (non-hydrogen) atoms. The molecule has 0 spiro atoms. The molecule has 2 amide bonds. The number of thiophene rings is 1. The molecule has 1 aliphatic rings. The van der Waals surface area contributed by atoms with E-state index in [0.717, 1.165) is 42.4 Å². The van der Waals surface area contributed by atoms with Crippen molar-refractivity contribution in [2.45, 2.75) is 19.3 Å². The monoisotopic (exact) mass is 398 g/mol. The topological polar surface area (TPSA) is 49.4 Å². The number of halogens is 1. The Balaban J connectivity index is 1.61. The summed E-state index contributed by atoms with van der Waals surface area (Å²) in [5.41, 5.74) is 1.04. The van der Waals surface area contributed by atoms with Crippen LogP contribution in [-0.2, 0) is 0 Å². The van der Waals surface area contributed by atoms with E-state index in [4.69, 9.17) is 11.6 Å². The zero-order valence-electron chi connectivity index (χ0n) is 14.7. The van der Waals surface area contributed by atoms with Crippen molar-refractivity contribution in [1.82, 2.24) is 4.90 Å². The first-order valence-corrected chi connectivity index (χ1v) is 10.2. The van der Waals surface area contributed by atoms with Crippen molar-refractivity contribution < 1.29 is 9.59 Å². The molecule has 138 valence electrons. The third-order valence-electron chi connectivity index (χ3n) is 4.79. The van der Waals surface area contributed by atoms with Gasteiger partial charge in [0.25, 0.3) is 11.8 Å². The normalized spacial score (nSPS) is 14.3. The minimum absolute atomic E-state index is 0.0342. The molecule has 0 unspecified atom stereocenters.